The predicted molar refractivity (Wildman–Crippen MR) is 99.7 cm³/mol. The smallest absolute Gasteiger partial charge is 0.249 e. The van der Waals surface area contributed by atoms with Crippen molar-refractivity contribution in [2.45, 2.75) is 6.42 Å². The maximum Gasteiger partial charge on any atom is 0.249 e. The van der Waals surface area contributed by atoms with Gasteiger partial charge in [-0.15, -0.1) is 5.10 Å². The number of anilines is 3. The molecule has 0 saturated heterocycles. The van der Waals surface area contributed by atoms with Crippen LogP contribution in [0.3, 0.4) is 0 Å². The predicted octanol–water partition coefficient (Wildman–Crippen LogP) is 3.93. The van der Waals surface area contributed by atoms with Crippen LogP contribution in [0, 0.1) is 0 Å². The third kappa shape index (κ3) is 5.06. The van der Waals surface area contributed by atoms with Crippen molar-refractivity contribution in [3.05, 3.63) is 65.3 Å². The molecule has 25 heavy (non-hydrogen) atoms. The molecule has 6 nitrogen and oxygen atoms in total. The molecule has 0 aliphatic carbocycles. The fourth-order valence-corrected chi connectivity index (χ4v) is 2.49. The van der Waals surface area contributed by atoms with E-state index in [4.69, 9.17) is 16.3 Å². The van der Waals surface area contributed by atoms with Gasteiger partial charge in [0.15, 0.2) is 5.82 Å². The fourth-order valence-electron chi connectivity index (χ4n) is 2.30. The Morgan fingerprint density at radius 3 is 2.84 bits per heavy atom. The minimum atomic E-state index is 0.411. The molecule has 0 spiro atoms. The van der Waals surface area contributed by atoms with Crippen LogP contribution in [-0.4, -0.2) is 28.8 Å². The molecule has 0 fully saturated rings. The number of nitrogens with zero attached hydrogens (tertiary/aromatic N) is 3. The van der Waals surface area contributed by atoms with E-state index in [1.807, 2.05) is 36.4 Å². The molecule has 0 bridgehead atoms. The Morgan fingerprint density at radius 1 is 1.12 bits per heavy atom. The molecule has 0 amide bonds. The summed E-state index contributed by atoms with van der Waals surface area (Å²) in [4.78, 5) is 4.40. The quantitative estimate of drug-likeness (QED) is 0.669. The van der Waals surface area contributed by atoms with E-state index < -0.39 is 0 Å². The van der Waals surface area contributed by atoms with Crippen LogP contribution < -0.4 is 15.4 Å². The van der Waals surface area contributed by atoms with Gasteiger partial charge in [-0.1, -0.05) is 29.8 Å². The van der Waals surface area contributed by atoms with E-state index in [0.29, 0.717) is 16.8 Å². The zero-order valence-electron chi connectivity index (χ0n) is 13.7. The highest BCUT2D eigenvalue weighted by atomic mass is 35.5. The van der Waals surface area contributed by atoms with Crippen LogP contribution in [0.15, 0.2) is 54.7 Å². The molecule has 2 N–H and O–H groups in total. The van der Waals surface area contributed by atoms with E-state index in [1.165, 1.54) is 5.56 Å². The minimum absolute atomic E-state index is 0.411. The Hall–Kier alpha value is -2.86. The van der Waals surface area contributed by atoms with Crippen molar-refractivity contribution in [2.75, 3.05) is 24.3 Å². The first-order valence-electron chi connectivity index (χ1n) is 7.82. The van der Waals surface area contributed by atoms with Crippen molar-refractivity contribution in [3.8, 4) is 5.75 Å². The van der Waals surface area contributed by atoms with E-state index in [0.717, 1.165) is 24.4 Å². The largest absolute Gasteiger partial charge is 0.497 e. The lowest BCUT2D eigenvalue weighted by Crippen LogP contribution is -2.08. The highest BCUT2D eigenvalue weighted by Gasteiger charge is 2.02. The van der Waals surface area contributed by atoms with Crippen LogP contribution in [0.4, 0.5) is 17.5 Å². The SMILES string of the molecule is COc1cccc(CCNc2cnnc(Nc3cccc(Cl)c3)n2)c1. The number of aromatic nitrogens is 3. The van der Waals surface area contributed by atoms with Crippen LogP contribution >= 0.6 is 11.6 Å². The summed E-state index contributed by atoms with van der Waals surface area (Å²) in [5, 5.41) is 14.9. The van der Waals surface area contributed by atoms with Gasteiger partial charge in [0.05, 0.1) is 13.3 Å². The summed E-state index contributed by atoms with van der Waals surface area (Å²) in [6.07, 6.45) is 2.44. The number of ether oxygens (including phenoxy) is 1. The van der Waals surface area contributed by atoms with Gasteiger partial charge in [-0.2, -0.15) is 10.1 Å². The van der Waals surface area contributed by atoms with E-state index in [1.54, 1.807) is 19.4 Å². The highest BCUT2D eigenvalue weighted by Crippen LogP contribution is 2.18. The summed E-state index contributed by atoms with van der Waals surface area (Å²) < 4.78 is 5.23. The van der Waals surface area contributed by atoms with Crippen molar-refractivity contribution in [1.29, 1.82) is 0 Å². The van der Waals surface area contributed by atoms with Crippen molar-refractivity contribution in [3.63, 3.8) is 0 Å². The monoisotopic (exact) mass is 355 g/mol. The number of hydrogen-bond acceptors (Lipinski definition) is 6. The van der Waals surface area contributed by atoms with Gasteiger partial charge < -0.3 is 15.4 Å². The summed E-state index contributed by atoms with van der Waals surface area (Å²) in [6, 6.07) is 15.3. The van der Waals surface area contributed by atoms with Gasteiger partial charge in [0.2, 0.25) is 5.95 Å². The number of benzene rings is 2. The standard InChI is InChI=1S/C18H18ClN5O/c1-25-16-7-2-4-13(10-16)8-9-20-17-12-21-24-18(23-17)22-15-6-3-5-14(19)11-15/h2-7,10-12H,8-9H2,1H3,(H2,20,22,23,24). The fraction of sp³-hybridized carbons (Fsp3) is 0.167. The molecule has 7 heteroatoms. The van der Waals surface area contributed by atoms with Crippen LogP contribution in [-0.2, 0) is 6.42 Å². The van der Waals surface area contributed by atoms with E-state index in [-0.39, 0.29) is 0 Å². The molecule has 0 saturated carbocycles. The van der Waals surface area contributed by atoms with Gasteiger partial charge >= 0.3 is 0 Å². The molecule has 0 unspecified atom stereocenters. The van der Waals surface area contributed by atoms with Crippen molar-refractivity contribution >= 4 is 29.1 Å². The topological polar surface area (TPSA) is 72.0 Å². The Morgan fingerprint density at radius 2 is 2.00 bits per heavy atom. The zero-order chi connectivity index (χ0) is 17.5. The van der Waals surface area contributed by atoms with E-state index in [9.17, 15) is 0 Å². The third-order valence-electron chi connectivity index (χ3n) is 3.49. The lowest BCUT2D eigenvalue weighted by atomic mass is 10.1. The van der Waals surface area contributed by atoms with Crippen molar-refractivity contribution in [1.82, 2.24) is 15.2 Å². The average Bonchev–Trinajstić information content (AvgIpc) is 2.62. The second kappa shape index (κ2) is 8.30. The molecule has 0 aliphatic heterocycles. The lowest BCUT2D eigenvalue weighted by molar-refractivity contribution is 0.414. The maximum atomic E-state index is 5.97. The molecule has 0 aliphatic rings. The van der Waals surface area contributed by atoms with E-state index in [2.05, 4.69) is 31.9 Å². The van der Waals surface area contributed by atoms with Gasteiger partial charge in [-0.25, -0.2) is 0 Å². The molecular formula is C18H18ClN5O. The highest BCUT2D eigenvalue weighted by molar-refractivity contribution is 6.30. The Labute approximate surface area is 151 Å². The number of rotatable bonds is 7. The van der Waals surface area contributed by atoms with Gasteiger partial charge in [-0.3, -0.25) is 0 Å². The number of hydrogen-bond donors (Lipinski definition) is 2. The number of halogens is 1. The summed E-state index contributed by atoms with van der Waals surface area (Å²) in [7, 11) is 1.67. The van der Waals surface area contributed by atoms with E-state index >= 15 is 0 Å². The Kier molecular flexibility index (Phi) is 5.64. The van der Waals surface area contributed by atoms with Crippen LogP contribution in [0.2, 0.25) is 5.02 Å². The zero-order valence-corrected chi connectivity index (χ0v) is 14.5. The molecule has 0 atom stereocenters. The summed E-state index contributed by atoms with van der Waals surface area (Å²) in [6.45, 7) is 0.725. The average molecular weight is 356 g/mol. The van der Waals surface area contributed by atoms with Gasteiger partial charge in [0.1, 0.15) is 5.75 Å². The second-order valence-electron chi connectivity index (χ2n) is 5.33. The van der Waals surface area contributed by atoms with Crippen LogP contribution in [0.1, 0.15) is 5.56 Å². The first-order valence-corrected chi connectivity index (χ1v) is 8.20. The van der Waals surface area contributed by atoms with Crippen molar-refractivity contribution < 1.29 is 4.74 Å². The molecule has 2 aromatic carbocycles. The number of methoxy groups -OCH3 is 1. The summed E-state index contributed by atoms with van der Waals surface area (Å²) in [5.41, 5.74) is 1.99. The molecule has 3 rings (SSSR count). The molecule has 0 radical (unpaired) electrons. The van der Waals surface area contributed by atoms with Crippen LogP contribution in [0.25, 0.3) is 0 Å². The van der Waals surface area contributed by atoms with Gasteiger partial charge in [0.25, 0.3) is 0 Å². The van der Waals surface area contributed by atoms with Gasteiger partial charge in [0, 0.05) is 17.3 Å². The normalized spacial score (nSPS) is 10.3. The number of nitrogens with one attached hydrogen (secondary N) is 2. The third-order valence-corrected chi connectivity index (χ3v) is 3.73. The molecule has 1 aromatic heterocycles. The molecular weight excluding hydrogens is 338 g/mol. The van der Waals surface area contributed by atoms with Crippen molar-refractivity contribution in [2.24, 2.45) is 0 Å². The lowest BCUT2D eigenvalue weighted by Gasteiger charge is -2.08. The maximum absolute atomic E-state index is 5.97. The Balaban J connectivity index is 1.58. The second-order valence-corrected chi connectivity index (χ2v) is 5.77. The van der Waals surface area contributed by atoms with Crippen LogP contribution in [0.5, 0.6) is 5.75 Å². The first-order chi connectivity index (χ1) is 12.2. The van der Waals surface area contributed by atoms with Gasteiger partial charge in [-0.05, 0) is 42.3 Å². The summed E-state index contributed by atoms with van der Waals surface area (Å²) in [5.74, 6) is 1.92. The summed E-state index contributed by atoms with van der Waals surface area (Å²) >= 11 is 5.97. The Bertz CT molecular complexity index is 843. The minimum Gasteiger partial charge on any atom is -0.497 e. The molecule has 1 heterocycles. The molecule has 3 aromatic rings. The molecule has 128 valence electrons. The first kappa shape index (κ1) is 17.0.